The van der Waals surface area contributed by atoms with Gasteiger partial charge in [-0.15, -0.1) is 0 Å². The van der Waals surface area contributed by atoms with Crippen LogP contribution in [0.5, 0.6) is 0 Å². The van der Waals surface area contributed by atoms with E-state index in [0.29, 0.717) is 5.82 Å². The van der Waals surface area contributed by atoms with Gasteiger partial charge in [0.2, 0.25) is 5.91 Å². The van der Waals surface area contributed by atoms with Crippen molar-refractivity contribution in [3.05, 3.63) is 60.4 Å². The zero-order chi connectivity index (χ0) is 13.9. The molecule has 0 aliphatic rings. The highest BCUT2D eigenvalue weighted by Gasteiger charge is 2.07. The van der Waals surface area contributed by atoms with Gasteiger partial charge in [-0.3, -0.25) is 4.79 Å². The number of amides is 1. The fourth-order valence-corrected chi connectivity index (χ4v) is 2.23. The summed E-state index contributed by atoms with van der Waals surface area (Å²) in [6.07, 6.45) is 3.59. The van der Waals surface area contributed by atoms with Crippen molar-refractivity contribution in [3.8, 4) is 0 Å². The molecular weight excluding hydrogens is 250 g/mol. The van der Waals surface area contributed by atoms with Crippen LogP contribution in [-0.4, -0.2) is 15.5 Å². The Morgan fingerprint density at radius 1 is 1.25 bits per heavy atom. The molecule has 4 heteroatoms. The van der Waals surface area contributed by atoms with Crippen LogP contribution in [0.15, 0.2) is 54.9 Å². The van der Waals surface area contributed by atoms with Gasteiger partial charge in [-0.05, 0) is 42.6 Å². The highest BCUT2D eigenvalue weighted by atomic mass is 16.2. The minimum Gasteiger partial charge on any atom is -0.338 e. The molecule has 0 aliphatic carbocycles. The molecule has 4 nitrogen and oxygen atoms in total. The van der Waals surface area contributed by atoms with Crippen LogP contribution in [0.4, 0.5) is 5.82 Å². The molecule has 100 valence electrons. The number of aryl methyl sites for hydroxylation is 1. The number of carbonyl (C=O) groups excluding carboxylic acids is 1. The normalized spacial score (nSPS) is 10.7. The molecule has 3 rings (SSSR count). The van der Waals surface area contributed by atoms with Crippen molar-refractivity contribution in [1.29, 1.82) is 0 Å². The average molecular weight is 265 g/mol. The number of pyridine rings is 1. The highest BCUT2D eigenvalue weighted by molar-refractivity contribution is 5.91. The van der Waals surface area contributed by atoms with Crippen LogP contribution in [0, 0.1) is 6.92 Å². The topological polar surface area (TPSA) is 46.9 Å². The second kappa shape index (κ2) is 5.17. The Bertz CT molecular complexity index is 747. The van der Waals surface area contributed by atoms with Crippen LogP contribution in [-0.2, 0) is 11.3 Å². The first-order valence-corrected chi connectivity index (χ1v) is 6.49. The Morgan fingerprint density at radius 2 is 2.15 bits per heavy atom. The number of nitrogens with zero attached hydrogens (tertiary/aromatic N) is 2. The molecule has 2 aromatic heterocycles. The summed E-state index contributed by atoms with van der Waals surface area (Å²) in [6, 6.07) is 13.7. The second-order valence-corrected chi connectivity index (χ2v) is 4.77. The number of nitrogens with one attached hydrogen (secondary N) is 1. The number of carbonyl (C=O) groups is 1. The number of hydrogen-bond donors (Lipinski definition) is 1. The van der Waals surface area contributed by atoms with E-state index in [9.17, 15) is 4.79 Å². The van der Waals surface area contributed by atoms with Crippen LogP contribution < -0.4 is 5.32 Å². The first kappa shape index (κ1) is 12.4. The van der Waals surface area contributed by atoms with Crippen molar-refractivity contribution in [2.75, 3.05) is 5.32 Å². The minimum absolute atomic E-state index is 0.0817. The van der Waals surface area contributed by atoms with Gasteiger partial charge in [0.1, 0.15) is 12.4 Å². The summed E-state index contributed by atoms with van der Waals surface area (Å²) in [5.41, 5.74) is 2.28. The van der Waals surface area contributed by atoms with E-state index >= 15 is 0 Å². The fraction of sp³-hybridized carbons (Fsp3) is 0.125. The summed E-state index contributed by atoms with van der Waals surface area (Å²) in [5.74, 6) is 0.492. The molecule has 0 fully saturated rings. The van der Waals surface area contributed by atoms with Gasteiger partial charge in [0.05, 0.1) is 0 Å². The van der Waals surface area contributed by atoms with Gasteiger partial charge in [0.15, 0.2) is 0 Å². The third-order valence-electron chi connectivity index (χ3n) is 3.17. The summed E-state index contributed by atoms with van der Waals surface area (Å²) < 4.78 is 1.94. The number of fused-ring (bicyclic) bond motifs is 1. The lowest BCUT2D eigenvalue weighted by Gasteiger charge is -2.06. The molecule has 1 N–H and O–H groups in total. The largest absolute Gasteiger partial charge is 0.338 e. The lowest BCUT2D eigenvalue weighted by atomic mass is 10.2. The van der Waals surface area contributed by atoms with Crippen LogP contribution in [0.3, 0.4) is 0 Å². The first-order valence-electron chi connectivity index (χ1n) is 6.49. The van der Waals surface area contributed by atoms with Crippen molar-refractivity contribution in [3.63, 3.8) is 0 Å². The quantitative estimate of drug-likeness (QED) is 0.791. The van der Waals surface area contributed by atoms with Crippen molar-refractivity contribution in [2.24, 2.45) is 0 Å². The van der Waals surface area contributed by atoms with Gasteiger partial charge >= 0.3 is 0 Å². The molecular formula is C16H15N3O. The summed E-state index contributed by atoms with van der Waals surface area (Å²) in [5, 5.41) is 3.93. The maximum Gasteiger partial charge on any atom is 0.245 e. The van der Waals surface area contributed by atoms with E-state index in [0.717, 1.165) is 10.9 Å². The monoisotopic (exact) mass is 265 g/mol. The molecule has 0 unspecified atom stereocenters. The van der Waals surface area contributed by atoms with Gasteiger partial charge < -0.3 is 9.88 Å². The molecule has 3 aromatic rings. The van der Waals surface area contributed by atoms with Gasteiger partial charge in [0.25, 0.3) is 0 Å². The van der Waals surface area contributed by atoms with E-state index in [1.54, 1.807) is 12.3 Å². The average Bonchev–Trinajstić information content (AvgIpc) is 2.82. The van der Waals surface area contributed by atoms with Gasteiger partial charge in [-0.1, -0.05) is 17.7 Å². The Balaban J connectivity index is 1.78. The van der Waals surface area contributed by atoms with E-state index in [2.05, 4.69) is 29.4 Å². The van der Waals surface area contributed by atoms with Crippen LogP contribution in [0.25, 0.3) is 10.9 Å². The van der Waals surface area contributed by atoms with Gasteiger partial charge in [-0.2, -0.15) is 0 Å². The molecule has 0 radical (unpaired) electrons. The third kappa shape index (κ3) is 2.54. The summed E-state index contributed by atoms with van der Waals surface area (Å²) in [6.45, 7) is 2.34. The maximum atomic E-state index is 12.0. The number of hydrogen-bond acceptors (Lipinski definition) is 2. The van der Waals surface area contributed by atoms with E-state index in [4.69, 9.17) is 0 Å². The summed E-state index contributed by atoms with van der Waals surface area (Å²) in [7, 11) is 0. The predicted molar refractivity (Wildman–Crippen MR) is 79.5 cm³/mol. The molecule has 20 heavy (non-hydrogen) atoms. The minimum atomic E-state index is -0.0817. The zero-order valence-electron chi connectivity index (χ0n) is 11.2. The fourth-order valence-electron chi connectivity index (χ4n) is 2.23. The van der Waals surface area contributed by atoms with Crippen molar-refractivity contribution >= 4 is 22.6 Å². The standard InChI is InChI=1S/C16H15N3O/c1-12-5-6-14-13(10-12)7-9-19(14)11-16(20)18-15-4-2-3-8-17-15/h2-10H,11H2,1H3,(H,17,18,20). The third-order valence-corrected chi connectivity index (χ3v) is 3.17. The van der Waals surface area contributed by atoms with E-state index in [-0.39, 0.29) is 12.5 Å². The molecule has 0 spiro atoms. The predicted octanol–water partition coefficient (Wildman–Crippen LogP) is 2.98. The Labute approximate surface area is 117 Å². The van der Waals surface area contributed by atoms with Crippen LogP contribution >= 0.6 is 0 Å². The first-order chi connectivity index (χ1) is 9.72. The van der Waals surface area contributed by atoms with E-state index in [1.807, 2.05) is 35.0 Å². The molecule has 1 aromatic carbocycles. The molecule has 2 heterocycles. The smallest absolute Gasteiger partial charge is 0.245 e. The van der Waals surface area contributed by atoms with E-state index < -0.39 is 0 Å². The SMILES string of the molecule is Cc1ccc2c(ccn2CC(=O)Nc2ccccn2)c1. The van der Waals surface area contributed by atoms with Crippen molar-refractivity contribution in [2.45, 2.75) is 13.5 Å². The van der Waals surface area contributed by atoms with Crippen LogP contribution in [0.2, 0.25) is 0 Å². The summed E-state index contributed by atoms with van der Waals surface area (Å²) >= 11 is 0. The van der Waals surface area contributed by atoms with Crippen LogP contribution in [0.1, 0.15) is 5.56 Å². The van der Waals surface area contributed by atoms with Crippen molar-refractivity contribution < 1.29 is 4.79 Å². The molecule has 0 saturated carbocycles. The summed E-state index contributed by atoms with van der Waals surface area (Å²) in [4.78, 5) is 16.1. The molecule has 0 atom stereocenters. The lowest BCUT2D eigenvalue weighted by Crippen LogP contribution is -2.18. The molecule has 0 aliphatic heterocycles. The maximum absolute atomic E-state index is 12.0. The number of rotatable bonds is 3. The van der Waals surface area contributed by atoms with Gasteiger partial charge in [-0.25, -0.2) is 4.98 Å². The molecule has 0 saturated heterocycles. The van der Waals surface area contributed by atoms with Gasteiger partial charge in [0, 0.05) is 17.9 Å². The Hall–Kier alpha value is -2.62. The number of anilines is 1. The number of aromatic nitrogens is 2. The Kier molecular flexibility index (Phi) is 3.21. The molecule has 0 bridgehead atoms. The van der Waals surface area contributed by atoms with E-state index in [1.165, 1.54) is 5.56 Å². The Morgan fingerprint density at radius 3 is 2.95 bits per heavy atom. The number of benzene rings is 1. The zero-order valence-corrected chi connectivity index (χ0v) is 11.2. The second-order valence-electron chi connectivity index (χ2n) is 4.77. The van der Waals surface area contributed by atoms with Crippen molar-refractivity contribution in [1.82, 2.24) is 9.55 Å². The lowest BCUT2D eigenvalue weighted by molar-refractivity contribution is -0.116. The molecule has 1 amide bonds. The highest BCUT2D eigenvalue weighted by Crippen LogP contribution is 2.17.